The summed E-state index contributed by atoms with van der Waals surface area (Å²) in [5.74, 6) is 1.78. The van der Waals surface area contributed by atoms with Crippen LogP contribution in [0.2, 0.25) is 0 Å². The molecular weight excluding hydrogens is 223 g/mol. The Kier molecular flexibility index (Phi) is 2.56. The van der Waals surface area contributed by atoms with E-state index >= 15 is 0 Å². The zero-order valence-electron chi connectivity index (χ0n) is 6.02. The average Bonchev–Trinajstić information content (AvgIpc) is 2.12. The van der Waals surface area contributed by atoms with Crippen LogP contribution in [-0.2, 0) is 0 Å². The van der Waals surface area contributed by atoms with Gasteiger partial charge in [-0.3, -0.25) is 0 Å². The van der Waals surface area contributed by atoms with Crippen molar-refractivity contribution in [3.05, 3.63) is 11.6 Å². The van der Waals surface area contributed by atoms with Crippen molar-refractivity contribution < 1.29 is 0 Å². The molecular formula is C8H13I. The first kappa shape index (κ1) is 7.58. The molecule has 0 aliphatic heterocycles. The molecule has 9 heavy (non-hydrogen) atoms. The van der Waals surface area contributed by atoms with Gasteiger partial charge in [-0.05, 0) is 25.2 Å². The number of rotatable bonds is 1. The lowest BCUT2D eigenvalue weighted by Crippen LogP contribution is -2.07. The molecule has 0 saturated heterocycles. The molecule has 1 rings (SSSR count). The fourth-order valence-electron chi connectivity index (χ4n) is 1.41. The molecule has 0 aromatic carbocycles. The summed E-state index contributed by atoms with van der Waals surface area (Å²) in [6, 6.07) is 0. The molecule has 0 aromatic heterocycles. The smallest absolute Gasteiger partial charge is 0.00635 e. The van der Waals surface area contributed by atoms with Crippen molar-refractivity contribution in [1.82, 2.24) is 0 Å². The fourth-order valence-corrected chi connectivity index (χ4v) is 2.97. The highest BCUT2D eigenvalue weighted by atomic mass is 127. The molecule has 0 amide bonds. The minimum atomic E-state index is 0.880. The summed E-state index contributed by atoms with van der Waals surface area (Å²) in [5, 5.41) is 0. The lowest BCUT2D eigenvalue weighted by Gasteiger charge is -2.13. The van der Waals surface area contributed by atoms with Crippen LogP contribution in [0.4, 0.5) is 0 Å². The van der Waals surface area contributed by atoms with Crippen LogP contribution in [0.15, 0.2) is 11.6 Å². The van der Waals surface area contributed by atoms with Crippen LogP contribution in [0.3, 0.4) is 0 Å². The maximum absolute atomic E-state index is 2.48. The van der Waals surface area contributed by atoms with E-state index in [1.807, 2.05) is 0 Å². The Morgan fingerprint density at radius 3 is 2.67 bits per heavy atom. The van der Waals surface area contributed by atoms with E-state index in [-0.39, 0.29) is 0 Å². The Bertz CT molecular complexity index is 127. The first-order chi connectivity index (χ1) is 4.25. The minimum absolute atomic E-state index is 0.880. The monoisotopic (exact) mass is 236 g/mol. The number of alkyl halides is 1. The summed E-state index contributed by atoms with van der Waals surface area (Å²) in [6.07, 6.45) is 3.69. The van der Waals surface area contributed by atoms with Gasteiger partial charge in [0.2, 0.25) is 0 Å². The van der Waals surface area contributed by atoms with Gasteiger partial charge in [-0.1, -0.05) is 41.2 Å². The van der Waals surface area contributed by atoms with E-state index in [4.69, 9.17) is 0 Å². The number of allylic oxidation sites excluding steroid dienone is 2. The lowest BCUT2D eigenvalue weighted by atomic mass is 9.96. The molecule has 0 radical (unpaired) electrons. The molecule has 0 aromatic rings. The number of hydrogen-bond acceptors (Lipinski definition) is 0. The highest BCUT2D eigenvalue weighted by molar-refractivity contribution is 14.1. The van der Waals surface area contributed by atoms with E-state index in [0.717, 1.165) is 11.8 Å². The van der Waals surface area contributed by atoms with Crippen LogP contribution < -0.4 is 0 Å². The van der Waals surface area contributed by atoms with Crippen molar-refractivity contribution in [3.63, 3.8) is 0 Å². The van der Waals surface area contributed by atoms with E-state index in [2.05, 4.69) is 42.5 Å². The third kappa shape index (κ3) is 1.48. The van der Waals surface area contributed by atoms with Crippen LogP contribution in [0, 0.1) is 11.8 Å². The predicted octanol–water partition coefficient (Wildman–Crippen LogP) is 3.02. The second-order valence-corrected chi connectivity index (χ2v) is 3.80. The first-order valence-corrected chi connectivity index (χ1v) is 5.01. The van der Waals surface area contributed by atoms with Crippen molar-refractivity contribution in [3.8, 4) is 0 Å². The van der Waals surface area contributed by atoms with Crippen molar-refractivity contribution in [2.45, 2.75) is 20.3 Å². The highest BCUT2D eigenvalue weighted by Crippen LogP contribution is 2.32. The summed E-state index contributed by atoms with van der Waals surface area (Å²) in [4.78, 5) is 0. The second-order valence-electron chi connectivity index (χ2n) is 2.92. The van der Waals surface area contributed by atoms with Gasteiger partial charge < -0.3 is 0 Å². The molecule has 1 aliphatic rings. The summed E-state index contributed by atoms with van der Waals surface area (Å²) in [5.41, 5.74) is 1.61. The molecule has 0 N–H and O–H groups in total. The predicted molar refractivity (Wildman–Crippen MR) is 49.9 cm³/mol. The minimum Gasteiger partial charge on any atom is -0.0857 e. The average molecular weight is 236 g/mol. The van der Waals surface area contributed by atoms with E-state index < -0.39 is 0 Å². The molecule has 0 spiro atoms. The Hall–Kier alpha value is 0.470. The van der Waals surface area contributed by atoms with Crippen molar-refractivity contribution in [1.29, 1.82) is 0 Å². The van der Waals surface area contributed by atoms with E-state index in [9.17, 15) is 0 Å². The number of halogens is 1. The Morgan fingerprint density at radius 2 is 2.44 bits per heavy atom. The molecule has 0 bridgehead atoms. The molecule has 0 heterocycles. The van der Waals surface area contributed by atoms with Crippen LogP contribution in [-0.4, -0.2) is 4.43 Å². The van der Waals surface area contributed by atoms with Crippen LogP contribution in [0.1, 0.15) is 20.3 Å². The molecule has 0 fully saturated rings. The Morgan fingerprint density at radius 1 is 1.78 bits per heavy atom. The molecule has 0 saturated carbocycles. The maximum Gasteiger partial charge on any atom is 0.00635 e. The van der Waals surface area contributed by atoms with Crippen LogP contribution in [0.5, 0.6) is 0 Å². The van der Waals surface area contributed by atoms with E-state index in [1.165, 1.54) is 10.8 Å². The fraction of sp³-hybridized carbons (Fsp3) is 0.750. The molecule has 2 atom stereocenters. The van der Waals surface area contributed by atoms with Gasteiger partial charge in [0.25, 0.3) is 0 Å². The zero-order chi connectivity index (χ0) is 6.85. The van der Waals surface area contributed by atoms with Crippen molar-refractivity contribution >= 4 is 22.6 Å². The highest BCUT2D eigenvalue weighted by Gasteiger charge is 2.21. The maximum atomic E-state index is 2.48. The first-order valence-electron chi connectivity index (χ1n) is 3.48. The molecule has 1 unspecified atom stereocenters. The van der Waals surface area contributed by atoms with Crippen LogP contribution >= 0.6 is 22.6 Å². The van der Waals surface area contributed by atoms with Gasteiger partial charge >= 0.3 is 0 Å². The van der Waals surface area contributed by atoms with Gasteiger partial charge in [0.05, 0.1) is 0 Å². The van der Waals surface area contributed by atoms with Gasteiger partial charge in [-0.2, -0.15) is 0 Å². The standard InChI is InChI=1S/C8H13I/c1-6-3-4-7(2)8(6)5-9/h3,7-8H,4-5H2,1-2H3/t7?,8-/m1/s1. The van der Waals surface area contributed by atoms with E-state index in [0.29, 0.717) is 0 Å². The van der Waals surface area contributed by atoms with Crippen molar-refractivity contribution in [2.24, 2.45) is 11.8 Å². The van der Waals surface area contributed by atoms with Gasteiger partial charge in [0, 0.05) is 4.43 Å². The van der Waals surface area contributed by atoms with Crippen LogP contribution in [0.25, 0.3) is 0 Å². The lowest BCUT2D eigenvalue weighted by molar-refractivity contribution is 0.494. The quantitative estimate of drug-likeness (QED) is 0.373. The summed E-state index contributed by atoms with van der Waals surface area (Å²) in [6.45, 7) is 4.60. The molecule has 0 nitrogen and oxygen atoms in total. The third-order valence-corrected chi connectivity index (χ3v) is 3.20. The van der Waals surface area contributed by atoms with E-state index in [1.54, 1.807) is 5.57 Å². The van der Waals surface area contributed by atoms with Crippen molar-refractivity contribution in [2.75, 3.05) is 4.43 Å². The third-order valence-electron chi connectivity index (χ3n) is 2.25. The molecule has 1 aliphatic carbocycles. The molecule has 52 valence electrons. The van der Waals surface area contributed by atoms with Gasteiger partial charge in [-0.25, -0.2) is 0 Å². The Balaban J connectivity index is 2.57. The second kappa shape index (κ2) is 3.04. The summed E-state index contributed by atoms with van der Waals surface area (Å²) >= 11 is 2.48. The van der Waals surface area contributed by atoms with Gasteiger partial charge in [-0.15, -0.1) is 0 Å². The SMILES string of the molecule is CC1=CCC(C)[C@@H]1CI. The normalized spacial score (nSPS) is 34.8. The largest absolute Gasteiger partial charge is 0.0857 e. The summed E-state index contributed by atoms with van der Waals surface area (Å²) < 4.78 is 1.29. The Labute approximate surface area is 70.9 Å². The zero-order valence-corrected chi connectivity index (χ0v) is 8.18. The van der Waals surface area contributed by atoms with Gasteiger partial charge in [0.1, 0.15) is 0 Å². The van der Waals surface area contributed by atoms with Gasteiger partial charge in [0.15, 0.2) is 0 Å². The summed E-state index contributed by atoms with van der Waals surface area (Å²) in [7, 11) is 0. The molecule has 1 heteroatoms. The number of hydrogen-bond donors (Lipinski definition) is 0. The topological polar surface area (TPSA) is 0 Å².